The van der Waals surface area contributed by atoms with Crippen LogP contribution in [-0.2, 0) is 9.53 Å². The van der Waals surface area contributed by atoms with Crippen molar-refractivity contribution >= 4 is 12.0 Å². The minimum Gasteiger partial charge on any atom is -0.447 e. The minimum atomic E-state index is -0.532. The van der Waals surface area contributed by atoms with Gasteiger partial charge in [0.2, 0.25) is 0 Å². The topological polar surface area (TPSA) is 63.0 Å². The third-order valence-electron chi connectivity index (χ3n) is 1.38. The summed E-state index contributed by atoms with van der Waals surface area (Å²) < 4.78 is 4.51. The van der Waals surface area contributed by atoms with Crippen molar-refractivity contribution in [2.75, 3.05) is 6.61 Å². The Kier molecular flexibility index (Phi) is 3.89. The van der Waals surface area contributed by atoms with Crippen LogP contribution >= 0.6 is 0 Å². The summed E-state index contributed by atoms with van der Waals surface area (Å²) in [7, 11) is 0. The molecule has 0 aliphatic carbocycles. The smallest absolute Gasteiger partial charge is 0.331 e. The Balaban J connectivity index is 2.49. The average molecular weight is 188 g/mol. The molecule has 0 radical (unpaired) electrons. The van der Waals surface area contributed by atoms with Gasteiger partial charge in [-0.3, -0.25) is 4.98 Å². The Morgan fingerprint density at radius 1 is 1.71 bits per heavy atom. The van der Waals surface area contributed by atoms with Gasteiger partial charge in [0.1, 0.15) is 6.07 Å². The maximum atomic E-state index is 10.9. The molecule has 1 rings (SSSR count). The Morgan fingerprint density at radius 3 is 3.21 bits per heavy atom. The number of pyridine rings is 1. The molecule has 0 spiro atoms. The summed E-state index contributed by atoms with van der Waals surface area (Å²) in [5, 5.41) is 8.14. The van der Waals surface area contributed by atoms with Crippen LogP contribution in [0.1, 0.15) is 5.56 Å². The van der Waals surface area contributed by atoms with Crippen molar-refractivity contribution in [3.8, 4) is 6.07 Å². The predicted octanol–water partition coefficient (Wildman–Crippen LogP) is 1.16. The Bertz CT molecular complexity index is 365. The Labute approximate surface area is 81.5 Å². The molecule has 0 saturated carbocycles. The lowest BCUT2D eigenvalue weighted by molar-refractivity contribution is -0.136. The number of carbonyl (C=O) groups is 1. The highest BCUT2D eigenvalue weighted by Gasteiger charge is 1.94. The van der Waals surface area contributed by atoms with E-state index in [1.807, 2.05) is 0 Å². The van der Waals surface area contributed by atoms with Crippen molar-refractivity contribution in [3.63, 3.8) is 0 Å². The van der Waals surface area contributed by atoms with Gasteiger partial charge in [0, 0.05) is 18.5 Å². The van der Waals surface area contributed by atoms with E-state index < -0.39 is 5.97 Å². The van der Waals surface area contributed by atoms with Crippen LogP contribution in [0.25, 0.3) is 6.08 Å². The van der Waals surface area contributed by atoms with E-state index in [4.69, 9.17) is 5.26 Å². The molecule has 0 bridgehead atoms. The molecule has 0 saturated heterocycles. The van der Waals surface area contributed by atoms with Gasteiger partial charge in [-0.25, -0.2) is 4.79 Å². The molecule has 0 atom stereocenters. The fraction of sp³-hybridized carbons (Fsp3) is 0.100. The molecule has 1 aromatic rings. The third-order valence-corrected chi connectivity index (χ3v) is 1.38. The van der Waals surface area contributed by atoms with Gasteiger partial charge in [-0.15, -0.1) is 0 Å². The molecule has 1 heterocycles. The van der Waals surface area contributed by atoms with E-state index in [1.54, 1.807) is 36.7 Å². The number of rotatable bonds is 3. The number of aromatic nitrogens is 1. The van der Waals surface area contributed by atoms with Crippen molar-refractivity contribution in [2.24, 2.45) is 0 Å². The van der Waals surface area contributed by atoms with Gasteiger partial charge in [-0.05, 0) is 17.7 Å². The first-order chi connectivity index (χ1) is 6.83. The standard InChI is InChI=1S/C10H8N2O2/c11-5-7-14-10(13)4-3-9-2-1-6-12-8-9/h1-4,6,8H,7H2/b4-3+. The molecule has 14 heavy (non-hydrogen) atoms. The summed E-state index contributed by atoms with van der Waals surface area (Å²) in [5.74, 6) is -0.532. The van der Waals surface area contributed by atoms with Gasteiger partial charge in [0.05, 0.1) is 0 Å². The van der Waals surface area contributed by atoms with Crippen LogP contribution in [-0.4, -0.2) is 17.6 Å². The summed E-state index contributed by atoms with van der Waals surface area (Å²) in [6.45, 7) is -0.226. The van der Waals surface area contributed by atoms with Crippen molar-refractivity contribution in [1.29, 1.82) is 5.26 Å². The summed E-state index contributed by atoms with van der Waals surface area (Å²) in [6.07, 6.45) is 6.10. The minimum absolute atomic E-state index is 0.226. The quantitative estimate of drug-likeness (QED) is 0.527. The Hall–Kier alpha value is -2.15. The van der Waals surface area contributed by atoms with E-state index in [0.29, 0.717) is 0 Å². The van der Waals surface area contributed by atoms with Gasteiger partial charge in [0.15, 0.2) is 6.61 Å². The maximum Gasteiger partial charge on any atom is 0.331 e. The third kappa shape index (κ3) is 3.50. The van der Waals surface area contributed by atoms with Crippen molar-refractivity contribution in [2.45, 2.75) is 0 Å². The molecule has 0 fully saturated rings. The number of esters is 1. The Morgan fingerprint density at radius 2 is 2.57 bits per heavy atom. The molecule has 1 aromatic heterocycles. The zero-order chi connectivity index (χ0) is 10.2. The number of hydrogen-bond donors (Lipinski definition) is 0. The van der Waals surface area contributed by atoms with E-state index in [-0.39, 0.29) is 6.61 Å². The second-order valence-corrected chi connectivity index (χ2v) is 2.39. The first-order valence-electron chi connectivity index (χ1n) is 3.95. The fourth-order valence-electron chi connectivity index (χ4n) is 0.790. The van der Waals surface area contributed by atoms with Crippen LogP contribution in [0.3, 0.4) is 0 Å². The van der Waals surface area contributed by atoms with Crippen LogP contribution in [0.5, 0.6) is 0 Å². The molecular formula is C10H8N2O2. The monoisotopic (exact) mass is 188 g/mol. The number of carbonyl (C=O) groups excluding carboxylic acids is 1. The molecule has 4 nitrogen and oxygen atoms in total. The molecule has 70 valence electrons. The zero-order valence-corrected chi connectivity index (χ0v) is 7.38. The van der Waals surface area contributed by atoms with Crippen LogP contribution in [0, 0.1) is 11.3 Å². The molecule has 0 unspecified atom stereocenters. The summed E-state index contributed by atoms with van der Waals surface area (Å²) >= 11 is 0. The van der Waals surface area contributed by atoms with E-state index in [1.165, 1.54) is 6.08 Å². The van der Waals surface area contributed by atoms with Crippen molar-refractivity contribution < 1.29 is 9.53 Å². The van der Waals surface area contributed by atoms with Crippen LogP contribution < -0.4 is 0 Å². The first-order valence-corrected chi connectivity index (χ1v) is 3.95. The summed E-state index contributed by atoms with van der Waals surface area (Å²) in [6, 6.07) is 5.28. The average Bonchev–Trinajstić information content (AvgIpc) is 2.25. The molecule has 0 N–H and O–H groups in total. The van der Waals surface area contributed by atoms with E-state index in [2.05, 4.69) is 9.72 Å². The number of ether oxygens (including phenoxy) is 1. The normalized spacial score (nSPS) is 9.64. The lowest BCUT2D eigenvalue weighted by Crippen LogP contribution is -1.99. The SMILES string of the molecule is N#CCOC(=O)/C=C/c1cccnc1. The predicted molar refractivity (Wildman–Crippen MR) is 49.8 cm³/mol. The van der Waals surface area contributed by atoms with E-state index >= 15 is 0 Å². The largest absolute Gasteiger partial charge is 0.447 e. The molecule has 0 aromatic carbocycles. The van der Waals surface area contributed by atoms with Gasteiger partial charge in [-0.2, -0.15) is 5.26 Å². The van der Waals surface area contributed by atoms with Gasteiger partial charge >= 0.3 is 5.97 Å². The highest BCUT2D eigenvalue weighted by atomic mass is 16.5. The summed E-state index contributed by atoms with van der Waals surface area (Å²) in [5.41, 5.74) is 0.807. The molecule has 4 heteroatoms. The zero-order valence-electron chi connectivity index (χ0n) is 7.38. The molecule has 0 aliphatic rings. The van der Waals surface area contributed by atoms with Crippen molar-refractivity contribution in [3.05, 3.63) is 36.2 Å². The highest BCUT2D eigenvalue weighted by molar-refractivity contribution is 5.87. The van der Waals surface area contributed by atoms with Gasteiger partial charge in [-0.1, -0.05) is 6.07 Å². The first kappa shape index (κ1) is 9.93. The van der Waals surface area contributed by atoms with Crippen LogP contribution in [0.15, 0.2) is 30.6 Å². The molecule has 0 aliphatic heterocycles. The second kappa shape index (κ2) is 5.49. The van der Waals surface area contributed by atoms with Crippen LogP contribution in [0.2, 0.25) is 0 Å². The molecular weight excluding hydrogens is 180 g/mol. The number of hydrogen-bond acceptors (Lipinski definition) is 4. The highest BCUT2D eigenvalue weighted by Crippen LogP contribution is 1.98. The number of nitriles is 1. The second-order valence-electron chi connectivity index (χ2n) is 2.39. The lowest BCUT2D eigenvalue weighted by Gasteiger charge is -1.93. The maximum absolute atomic E-state index is 10.9. The fourth-order valence-corrected chi connectivity index (χ4v) is 0.790. The van der Waals surface area contributed by atoms with Gasteiger partial charge < -0.3 is 4.74 Å². The lowest BCUT2D eigenvalue weighted by atomic mass is 10.2. The van der Waals surface area contributed by atoms with E-state index in [0.717, 1.165) is 5.56 Å². The summed E-state index contributed by atoms with van der Waals surface area (Å²) in [4.78, 5) is 14.8. The molecule has 0 amide bonds. The number of nitrogens with zero attached hydrogens (tertiary/aromatic N) is 2. The van der Waals surface area contributed by atoms with E-state index in [9.17, 15) is 4.79 Å². The van der Waals surface area contributed by atoms with Crippen LogP contribution in [0.4, 0.5) is 0 Å². The van der Waals surface area contributed by atoms with Crippen molar-refractivity contribution in [1.82, 2.24) is 4.98 Å². The van der Waals surface area contributed by atoms with Gasteiger partial charge in [0.25, 0.3) is 0 Å².